The van der Waals surface area contributed by atoms with Gasteiger partial charge in [0, 0.05) is 11.8 Å². The van der Waals surface area contributed by atoms with E-state index in [2.05, 4.69) is 12.2 Å². The summed E-state index contributed by atoms with van der Waals surface area (Å²) in [5.74, 6) is -0.118. The number of hydrogen-bond acceptors (Lipinski definition) is 3. The highest BCUT2D eigenvalue weighted by Crippen LogP contribution is 2.09. The van der Waals surface area contributed by atoms with Crippen molar-refractivity contribution in [3.8, 4) is 0 Å². The molecule has 0 aliphatic heterocycles. The van der Waals surface area contributed by atoms with Gasteiger partial charge in [-0.25, -0.2) is 0 Å². The average molecular weight is 238 g/mol. The Hall–Kier alpha value is -1.00. The molecule has 3 nitrogen and oxygen atoms in total. The standard InChI is InChI=1S/C12H18N2OS/c1-9(16-2)8-14-12(15)11(13)10-6-4-3-5-7-10/h3-7,9,11H,8,13H2,1-2H3,(H,14,15)/t9?,11-/m0/s1. The summed E-state index contributed by atoms with van der Waals surface area (Å²) in [6.45, 7) is 2.72. The second-order valence-electron chi connectivity index (χ2n) is 3.68. The molecule has 0 heterocycles. The molecule has 0 radical (unpaired) electrons. The first-order valence-electron chi connectivity index (χ1n) is 5.26. The number of nitrogens with one attached hydrogen (secondary N) is 1. The zero-order valence-corrected chi connectivity index (χ0v) is 10.5. The van der Waals surface area contributed by atoms with Crippen molar-refractivity contribution in [1.82, 2.24) is 5.32 Å². The molecule has 2 atom stereocenters. The van der Waals surface area contributed by atoms with Crippen molar-refractivity contribution in [2.45, 2.75) is 18.2 Å². The van der Waals surface area contributed by atoms with E-state index in [1.165, 1.54) is 0 Å². The van der Waals surface area contributed by atoms with Crippen LogP contribution in [0.5, 0.6) is 0 Å². The van der Waals surface area contributed by atoms with Crippen LogP contribution in [0.1, 0.15) is 18.5 Å². The third-order valence-corrected chi connectivity index (χ3v) is 3.38. The Bertz CT molecular complexity index is 329. The molecule has 0 aromatic heterocycles. The van der Waals surface area contributed by atoms with Gasteiger partial charge in [0.25, 0.3) is 0 Å². The van der Waals surface area contributed by atoms with Gasteiger partial charge in [-0.3, -0.25) is 4.79 Å². The highest BCUT2D eigenvalue weighted by atomic mass is 32.2. The van der Waals surface area contributed by atoms with Gasteiger partial charge in [0.1, 0.15) is 6.04 Å². The molecular weight excluding hydrogens is 220 g/mol. The van der Waals surface area contributed by atoms with Crippen molar-refractivity contribution >= 4 is 17.7 Å². The van der Waals surface area contributed by atoms with Crippen molar-refractivity contribution in [2.24, 2.45) is 5.73 Å². The molecule has 16 heavy (non-hydrogen) atoms. The van der Waals surface area contributed by atoms with Crippen molar-refractivity contribution < 1.29 is 4.79 Å². The van der Waals surface area contributed by atoms with E-state index in [0.717, 1.165) is 5.56 Å². The summed E-state index contributed by atoms with van der Waals surface area (Å²) in [7, 11) is 0. The van der Waals surface area contributed by atoms with Crippen LogP contribution in [0.25, 0.3) is 0 Å². The topological polar surface area (TPSA) is 55.1 Å². The second-order valence-corrected chi connectivity index (χ2v) is 4.96. The Kier molecular flexibility index (Phi) is 5.35. The minimum Gasteiger partial charge on any atom is -0.353 e. The normalized spacial score (nSPS) is 14.2. The maximum Gasteiger partial charge on any atom is 0.241 e. The molecule has 0 bridgehead atoms. The molecule has 0 fully saturated rings. The van der Waals surface area contributed by atoms with E-state index in [1.54, 1.807) is 11.8 Å². The van der Waals surface area contributed by atoms with Crippen LogP contribution in [0.4, 0.5) is 0 Å². The largest absolute Gasteiger partial charge is 0.353 e. The number of benzene rings is 1. The van der Waals surface area contributed by atoms with Crippen molar-refractivity contribution in [1.29, 1.82) is 0 Å². The number of rotatable bonds is 5. The Morgan fingerprint density at radius 3 is 2.62 bits per heavy atom. The first-order valence-corrected chi connectivity index (χ1v) is 6.55. The predicted molar refractivity (Wildman–Crippen MR) is 69.4 cm³/mol. The molecule has 1 unspecified atom stereocenters. The molecule has 0 aliphatic rings. The van der Waals surface area contributed by atoms with Gasteiger partial charge in [0.2, 0.25) is 5.91 Å². The third kappa shape index (κ3) is 3.87. The van der Waals surface area contributed by atoms with Gasteiger partial charge in [0.05, 0.1) is 0 Å². The van der Waals surface area contributed by atoms with Gasteiger partial charge >= 0.3 is 0 Å². The van der Waals surface area contributed by atoms with E-state index in [9.17, 15) is 4.79 Å². The number of carbonyl (C=O) groups is 1. The fourth-order valence-corrected chi connectivity index (χ4v) is 1.50. The van der Waals surface area contributed by atoms with Crippen LogP contribution in [0.15, 0.2) is 30.3 Å². The maximum atomic E-state index is 11.7. The van der Waals surface area contributed by atoms with Crippen LogP contribution >= 0.6 is 11.8 Å². The molecule has 1 amide bonds. The van der Waals surface area contributed by atoms with Gasteiger partial charge in [-0.2, -0.15) is 11.8 Å². The number of nitrogens with two attached hydrogens (primary N) is 1. The maximum absolute atomic E-state index is 11.7. The first-order chi connectivity index (χ1) is 7.65. The highest BCUT2D eigenvalue weighted by Gasteiger charge is 2.15. The van der Waals surface area contributed by atoms with Crippen molar-refractivity contribution in [3.05, 3.63) is 35.9 Å². The lowest BCUT2D eigenvalue weighted by Gasteiger charge is -2.14. The molecule has 0 spiro atoms. The monoisotopic (exact) mass is 238 g/mol. The molecule has 1 aromatic rings. The molecule has 1 aromatic carbocycles. The van der Waals surface area contributed by atoms with E-state index >= 15 is 0 Å². The number of thioether (sulfide) groups is 1. The average Bonchev–Trinajstić information content (AvgIpc) is 2.35. The van der Waals surface area contributed by atoms with Gasteiger partial charge in [-0.05, 0) is 11.8 Å². The first kappa shape index (κ1) is 13.1. The van der Waals surface area contributed by atoms with E-state index in [0.29, 0.717) is 11.8 Å². The van der Waals surface area contributed by atoms with Crippen LogP contribution in [0.3, 0.4) is 0 Å². The van der Waals surface area contributed by atoms with Crippen LogP contribution < -0.4 is 11.1 Å². The molecule has 88 valence electrons. The summed E-state index contributed by atoms with van der Waals surface area (Å²) in [4.78, 5) is 11.7. The summed E-state index contributed by atoms with van der Waals surface area (Å²) in [6, 6.07) is 8.82. The Morgan fingerprint density at radius 2 is 2.06 bits per heavy atom. The lowest BCUT2D eigenvalue weighted by molar-refractivity contribution is -0.122. The molecule has 0 aliphatic carbocycles. The Labute approximate surface area is 101 Å². The fourth-order valence-electron chi connectivity index (χ4n) is 1.25. The summed E-state index contributed by atoms with van der Waals surface area (Å²) in [5.41, 5.74) is 6.69. The zero-order valence-electron chi connectivity index (χ0n) is 9.64. The highest BCUT2D eigenvalue weighted by molar-refractivity contribution is 7.99. The zero-order chi connectivity index (χ0) is 12.0. The molecule has 3 N–H and O–H groups in total. The van der Waals surface area contributed by atoms with Gasteiger partial charge in [-0.1, -0.05) is 37.3 Å². The molecule has 4 heteroatoms. The fraction of sp³-hybridized carbons (Fsp3) is 0.417. The van der Waals surface area contributed by atoms with Crippen molar-refractivity contribution in [2.75, 3.05) is 12.8 Å². The minimum absolute atomic E-state index is 0.118. The van der Waals surface area contributed by atoms with Crippen LogP contribution in [-0.4, -0.2) is 24.0 Å². The number of carbonyl (C=O) groups excluding carboxylic acids is 1. The summed E-state index contributed by atoms with van der Waals surface area (Å²) in [5, 5.41) is 3.26. The second kappa shape index (κ2) is 6.55. The SMILES string of the molecule is CSC(C)CNC(=O)[C@@H](N)c1ccccc1. The van der Waals surface area contributed by atoms with Gasteiger partial charge in [-0.15, -0.1) is 0 Å². The minimum atomic E-state index is -0.574. The van der Waals surface area contributed by atoms with Crippen LogP contribution in [0, 0.1) is 0 Å². The molecule has 0 saturated heterocycles. The number of hydrogen-bond donors (Lipinski definition) is 2. The van der Waals surface area contributed by atoms with Crippen molar-refractivity contribution in [3.63, 3.8) is 0 Å². The number of amides is 1. The molecular formula is C12H18N2OS. The summed E-state index contributed by atoms with van der Waals surface area (Å²) >= 11 is 1.72. The van der Waals surface area contributed by atoms with Crippen LogP contribution in [0.2, 0.25) is 0 Å². The van der Waals surface area contributed by atoms with Gasteiger partial charge in [0.15, 0.2) is 0 Å². The third-order valence-electron chi connectivity index (χ3n) is 2.41. The summed E-state index contributed by atoms with van der Waals surface area (Å²) < 4.78 is 0. The molecule has 0 saturated carbocycles. The smallest absolute Gasteiger partial charge is 0.241 e. The lowest BCUT2D eigenvalue weighted by atomic mass is 10.1. The van der Waals surface area contributed by atoms with E-state index in [-0.39, 0.29) is 5.91 Å². The lowest BCUT2D eigenvalue weighted by Crippen LogP contribution is -2.37. The Balaban J connectivity index is 2.49. The van der Waals surface area contributed by atoms with E-state index in [1.807, 2.05) is 36.6 Å². The van der Waals surface area contributed by atoms with E-state index in [4.69, 9.17) is 5.73 Å². The predicted octanol–water partition coefficient (Wildman–Crippen LogP) is 1.55. The molecule has 1 rings (SSSR count). The summed E-state index contributed by atoms with van der Waals surface area (Å²) in [6.07, 6.45) is 2.02. The van der Waals surface area contributed by atoms with E-state index < -0.39 is 6.04 Å². The van der Waals surface area contributed by atoms with Crippen LogP contribution in [-0.2, 0) is 4.79 Å². The Morgan fingerprint density at radius 1 is 1.44 bits per heavy atom. The van der Waals surface area contributed by atoms with Gasteiger partial charge < -0.3 is 11.1 Å². The quantitative estimate of drug-likeness (QED) is 0.818.